The number of esters is 1. The third-order valence-corrected chi connectivity index (χ3v) is 4.12. The third kappa shape index (κ3) is 4.21. The first-order valence-corrected chi connectivity index (χ1v) is 7.06. The van der Waals surface area contributed by atoms with E-state index in [1.165, 1.54) is 19.2 Å². The first kappa shape index (κ1) is 16.5. The van der Waals surface area contributed by atoms with E-state index in [1.54, 1.807) is 37.9 Å². The predicted octanol–water partition coefficient (Wildman–Crippen LogP) is 2.23. The van der Waals surface area contributed by atoms with Crippen LogP contribution in [0.1, 0.15) is 13.3 Å². The van der Waals surface area contributed by atoms with Gasteiger partial charge in [0.15, 0.2) is 0 Å². The van der Waals surface area contributed by atoms with Crippen molar-refractivity contribution in [3.63, 3.8) is 0 Å². The van der Waals surface area contributed by atoms with Gasteiger partial charge in [0.25, 0.3) is 5.69 Å². The lowest BCUT2D eigenvalue weighted by atomic mass is 10.00. The number of benzene rings is 1. The van der Waals surface area contributed by atoms with Crippen molar-refractivity contribution in [2.75, 3.05) is 19.9 Å². The maximum Gasteiger partial charge on any atom is 0.325 e. The Bertz CT molecular complexity index is 478. The van der Waals surface area contributed by atoms with Gasteiger partial charge in [0.1, 0.15) is 5.54 Å². The second kappa shape index (κ2) is 7.25. The Labute approximate surface area is 122 Å². The lowest BCUT2D eigenvalue weighted by Crippen LogP contribution is -2.48. The van der Waals surface area contributed by atoms with Crippen molar-refractivity contribution >= 4 is 23.4 Å². The molecule has 0 amide bonds. The summed E-state index contributed by atoms with van der Waals surface area (Å²) in [6.45, 7) is 1.79. The molecule has 1 rings (SSSR count). The molecule has 1 unspecified atom stereocenters. The minimum Gasteiger partial charge on any atom is -0.468 e. The van der Waals surface area contributed by atoms with Gasteiger partial charge in [0.2, 0.25) is 0 Å². The van der Waals surface area contributed by atoms with E-state index >= 15 is 0 Å². The fourth-order valence-corrected chi connectivity index (χ4v) is 2.67. The minimum atomic E-state index is -0.720. The SMILES string of the molecule is CNC(C)(CCSc1ccc([N+](=O)[O-])cc1)C(=O)OC. The summed E-state index contributed by atoms with van der Waals surface area (Å²) in [6.07, 6.45) is 0.595. The van der Waals surface area contributed by atoms with Gasteiger partial charge in [-0.2, -0.15) is 0 Å². The molecule has 0 aliphatic heterocycles. The summed E-state index contributed by atoms with van der Waals surface area (Å²) >= 11 is 1.54. The summed E-state index contributed by atoms with van der Waals surface area (Å²) in [6, 6.07) is 6.36. The Morgan fingerprint density at radius 1 is 1.45 bits per heavy atom. The molecule has 7 heteroatoms. The first-order chi connectivity index (χ1) is 9.42. The highest BCUT2D eigenvalue weighted by Gasteiger charge is 2.31. The normalized spacial score (nSPS) is 13.6. The van der Waals surface area contributed by atoms with Gasteiger partial charge in [0, 0.05) is 22.8 Å². The number of carbonyl (C=O) groups excluding carboxylic acids is 1. The Kier molecular flexibility index (Phi) is 5.97. The lowest BCUT2D eigenvalue weighted by Gasteiger charge is -2.25. The zero-order valence-corrected chi connectivity index (χ0v) is 12.5. The molecule has 20 heavy (non-hydrogen) atoms. The summed E-state index contributed by atoms with van der Waals surface area (Å²) < 4.78 is 4.77. The summed E-state index contributed by atoms with van der Waals surface area (Å²) in [5, 5.41) is 13.5. The number of rotatable bonds is 7. The Balaban J connectivity index is 2.55. The Hall–Kier alpha value is -1.60. The number of methoxy groups -OCH3 is 1. The summed E-state index contributed by atoms with van der Waals surface area (Å²) in [4.78, 5) is 22.7. The fourth-order valence-electron chi connectivity index (χ4n) is 1.59. The van der Waals surface area contributed by atoms with Gasteiger partial charge in [-0.1, -0.05) is 0 Å². The molecule has 110 valence electrons. The number of ether oxygens (including phenoxy) is 1. The van der Waals surface area contributed by atoms with Gasteiger partial charge in [-0.25, -0.2) is 0 Å². The van der Waals surface area contributed by atoms with Gasteiger partial charge in [-0.15, -0.1) is 11.8 Å². The number of hydrogen-bond donors (Lipinski definition) is 1. The van der Waals surface area contributed by atoms with E-state index in [0.29, 0.717) is 12.2 Å². The number of carbonyl (C=O) groups is 1. The van der Waals surface area contributed by atoms with Crippen molar-refractivity contribution in [3.8, 4) is 0 Å². The average Bonchev–Trinajstić information content (AvgIpc) is 2.46. The number of nitro groups is 1. The molecule has 0 heterocycles. The highest BCUT2D eigenvalue weighted by Crippen LogP contribution is 2.24. The molecule has 0 saturated carbocycles. The van der Waals surface area contributed by atoms with E-state index in [9.17, 15) is 14.9 Å². The van der Waals surface area contributed by atoms with Crippen LogP contribution in [0.5, 0.6) is 0 Å². The molecular formula is C13H18N2O4S. The quantitative estimate of drug-likeness (QED) is 0.360. The predicted molar refractivity (Wildman–Crippen MR) is 77.9 cm³/mol. The number of thioether (sulfide) groups is 1. The average molecular weight is 298 g/mol. The van der Waals surface area contributed by atoms with Crippen molar-refractivity contribution in [3.05, 3.63) is 34.4 Å². The third-order valence-electron chi connectivity index (χ3n) is 3.11. The van der Waals surface area contributed by atoms with Crippen LogP contribution in [0.15, 0.2) is 29.2 Å². The smallest absolute Gasteiger partial charge is 0.325 e. The topological polar surface area (TPSA) is 81.5 Å². The molecule has 0 spiro atoms. The first-order valence-electron chi connectivity index (χ1n) is 6.07. The molecule has 0 fully saturated rings. The van der Waals surface area contributed by atoms with Crippen LogP contribution in [0.4, 0.5) is 5.69 Å². The molecule has 6 nitrogen and oxygen atoms in total. The second-order valence-corrected chi connectivity index (χ2v) is 5.59. The van der Waals surface area contributed by atoms with Crippen molar-refractivity contribution in [2.45, 2.75) is 23.8 Å². The van der Waals surface area contributed by atoms with E-state index in [4.69, 9.17) is 4.74 Å². The van der Waals surface area contributed by atoms with Gasteiger partial charge in [0.05, 0.1) is 12.0 Å². The highest BCUT2D eigenvalue weighted by molar-refractivity contribution is 7.99. The van der Waals surface area contributed by atoms with Gasteiger partial charge in [-0.05, 0) is 32.5 Å². The lowest BCUT2D eigenvalue weighted by molar-refractivity contribution is -0.384. The Morgan fingerprint density at radius 3 is 2.50 bits per heavy atom. The van der Waals surface area contributed by atoms with Crippen LogP contribution in [-0.2, 0) is 9.53 Å². The van der Waals surface area contributed by atoms with Crippen molar-refractivity contribution in [1.29, 1.82) is 0 Å². The summed E-state index contributed by atoms with van der Waals surface area (Å²) in [5.41, 5.74) is -0.647. The maximum absolute atomic E-state index is 11.7. The number of likely N-dealkylation sites (N-methyl/N-ethyl adjacent to an activating group) is 1. The van der Waals surface area contributed by atoms with E-state index in [2.05, 4.69) is 5.32 Å². The van der Waals surface area contributed by atoms with Gasteiger partial charge in [-0.3, -0.25) is 14.9 Å². The van der Waals surface area contributed by atoms with Crippen molar-refractivity contribution < 1.29 is 14.5 Å². The number of hydrogen-bond acceptors (Lipinski definition) is 6. The van der Waals surface area contributed by atoms with Crippen LogP contribution in [-0.4, -0.2) is 36.3 Å². The molecule has 0 aromatic heterocycles. The zero-order valence-electron chi connectivity index (χ0n) is 11.7. The van der Waals surface area contributed by atoms with Crippen LogP contribution in [0.3, 0.4) is 0 Å². The van der Waals surface area contributed by atoms with E-state index in [-0.39, 0.29) is 11.7 Å². The number of non-ortho nitro benzene ring substituents is 1. The van der Waals surface area contributed by atoms with Gasteiger partial charge < -0.3 is 10.1 Å². The molecule has 0 aliphatic rings. The summed E-state index contributed by atoms with van der Waals surface area (Å²) in [7, 11) is 3.08. The highest BCUT2D eigenvalue weighted by atomic mass is 32.2. The molecule has 0 saturated heterocycles. The van der Waals surface area contributed by atoms with Gasteiger partial charge >= 0.3 is 5.97 Å². The molecule has 1 aromatic carbocycles. The summed E-state index contributed by atoms with van der Waals surface area (Å²) in [5.74, 6) is 0.397. The van der Waals surface area contributed by atoms with Crippen LogP contribution >= 0.6 is 11.8 Å². The number of nitrogens with zero attached hydrogens (tertiary/aromatic N) is 1. The molecule has 1 N–H and O–H groups in total. The molecule has 1 atom stereocenters. The zero-order chi connectivity index (χ0) is 15.2. The van der Waals surface area contributed by atoms with Crippen molar-refractivity contribution in [2.24, 2.45) is 0 Å². The monoisotopic (exact) mass is 298 g/mol. The van der Waals surface area contributed by atoms with Crippen LogP contribution in [0, 0.1) is 10.1 Å². The largest absolute Gasteiger partial charge is 0.468 e. The molecular weight excluding hydrogens is 280 g/mol. The van der Waals surface area contributed by atoms with E-state index in [0.717, 1.165) is 4.90 Å². The second-order valence-electron chi connectivity index (χ2n) is 4.42. The minimum absolute atomic E-state index is 0.0731. The number of nitro benzene ring substituents is 1. The van der Waals surface area contributed by atoms with Crippen LogP contribution < -0.4 is 5.32 Å². The number of nitrogens with one attached hydrogen (secondary N) is 1. The van der Waals surface area contributed by atoms with Crippen molar-refractivity contribution in [1.82, 2.24) is 5.32 Å². The molecule has 0 radical (unpaired) electrons. The standard InChI is InChI=1S/C13H18N2O4S/c1-13(14-2,12(16)19-3)8-9-20-11-6-4-10(5-7-11)15(17)18/h4-7,14H,8-9H2,1-3H3. The molecule has 0 aliphatic carbocycles. The maximum atomic E-state index is 11.7. The van der Waals surface area contributed by atoms with Crippen LogP contribution in [0.2, 0.25) is 0 Å². The van der Waals surface area contributed by atoms with E-state index in [1.807, 2.05) is 0 Å². The Morgan fingerprint density at radius 2 is 2.05 bits per heavy atom. The van der Waals surface area contributed by atoms with Crippen LogP contribution in [0.25, 0.3) is 0 Å². The van der Waals surface area contributed by atoms with E-state index < -0.39 is 10.5 Å². The fraction of sp³-hybridized carbons (Fsp3) is 0.462. The molecule has 0 bridgehead atoms. The molecule has 1 aromatic rings.